The van der Waals surface area contributed by atoms with Gasteiger partial charge in [-0.3, -0.25) is 9.52 Å². The van der Waals surface area contributed by atoms with E-state index in [4.69, 9.17) is 16.1 Å². The van der Waals surface area contributed by atoms with E-state index in [2.05, 4.69) is 9.88 Å². The van der Waals surface area contributed by atoms with E-state index in [1.54, 1.807) is 29.2 Å². The first kappa shape index (κ1) is 17.8. The molecule has 0 atom stereocenters. The van der Waals surface area contributed by atoms with Crippen LogP contribution in [0.2, 0.25) is 5.02 Å². The van der Waals surface area contributed by atoms with Crippen molar-refractivity contribution in [2.75, 3.05) is 17.8 Å². The second kappa shape index (κ2) is 6.86. The Hall–Kier alpha value is -2.58. The Morgan fingerprint density at radius 1 is 1.15 bits per heavy atom. The largest absolute Gasteiger partial charge is 0.355 e. The molecule has 0 spiro atoms. The molecule has 1 aliphatic heterocycles. The quantitative estimate of drug-likeness (QED) is 0.716. The second-order valence-corrected chi connectivity index (χ2v) is 8.36. The van der Waals surface area contributed by atoms with Gasteiger partial charge < -0.3 is 9.42 Å². The summed E-state index contributed by atoms with van der Waals surface area (Å²) in [6.45, 7) is 1.33. The van der Waals surface area contributed by atoms with E-state index in [0.29, 0.717) is 24.1 Å². The molecule has 0 saturated carbocycles. The second-order valence-electron chi connectivity index (χ2n) is 6.27. The Morgan fingerprint density at radius 3 is 2.63 bits per heavy atom. The lowest BCUT2D eigenvalue weighted by molar-refractivity contribution is 0.0784. The lowest BCUT2D eigenvalue weighted by Crippen LogP contribution is -2.28. The van der Waals surface area contributed by atoms with E-state index in [-0.39, 0.29) is 27.2 Å². The highest BCUT2D eigenvalue weighted by atomic mass is 35.5. The zero-order chi connectivity index (χ0) is 19.0. The summed E-state index contributed by atoms with van der Waals surface area (Å²) in [6, 6.07) is 10.8. The minimum atomic E-state index is -3.90. The van der Waals surface area contributed by atoms with Crippen LogP contribution in [0.1, 0.15) is 23.3 Å². The molecule has 27 heavy (non-hydrogen) atoms. The number of fused-ring (bicyclic) bond motifs is 1. The number of nitrogens with zero attached hydrogens (tertiary/aromatic N) is 2. The Kier molecular flexibility index (Phi) is 4.53. The van der Waals surface area contributed by atoms with Gasteiger partial charge in [-0.05, 0) is 43.2 Å². The summed E-state index contributed by atoms with van der Waals surface area (Å²) < 4.78 is 33.1. The molecular weight excluding hydrogens is 390 g/mol. The number of likely N-dealkylation sites (tertiary alicyclic amines) is 1. The first-order valence-electron chi connectivity index (χ1n) is 8.42. The van der Waals surface area contributed by atoms with Crippen LogP contribution >= 0.6 is 11.6 Å². The third-order valence-electron chi connectivity index (χ3n) is 4.47. The van der Waals surface area contributed by atoms with Crippen molar-refractivity contribution in [1.29, 1.82) is 0 Å². The zero-order valence-corrected chi connectivity index (χ0v) is 15.8. The Balaban J connectivity index is 1.71. The first-order chi connectivity index (χ1) is 13.0. The van der Waals surface area contributed by atoms with Crippen molar-refractivity contribution >= 4 is 44.2 Å². The number of rotatable bonds is 4. The summed E-state index contributed by atoms with van der Waals surface area (Å²) in [4.78, 5) is 14.3. The Bertz CT molecular complexity index is 1120. The fourth-order valence-corrected chi connectivity index (χ4v) is 4.40. The smallest absolute Gasteiger partial charge is 0.276 e. The molecule has 0 radical (unpaired) electrons. The van der Waals surface area contributed by atoms with Crippen LogP contribution in [-0.2, 0) is 10.0 Å². The molecule has 1 aromatic heterocycles. The number of amides is 1. The predicted molar refractivity (Wildman–Crippen MR) is 101 cm³/mol. The van der Waals surface area contributed by atoms with E-state index in [0.717, 1.165) is 12.8 Å². The molecule has 1 aliphatic rings. The van der Waals surface area contributed by atoms with Crippen molar-refractivity contribution in [3.8, 4) is 0 Å². The van der Waals surface area contributed by atoms with Gasteiger partial charge in [0.15, 0.2) is 11.3 Å². The summed E-state index contributed by atoms with van der Waals surface area (Å²) in [5.41, 5.74) is 0.758. The molecule has 140 valence electrons. The fourth-order valence-electron chi connectivity index (χ4n) is 3.06. The molecule has 0 aliphatic carbocycles. The average molecular weight is 406 g/mol. The van der Waals surface area contributed by atoms with Crippen molar-refractivity contribution < 1.29 is 17.7 Å². The van der Waals surface area contributed by atoms with Gasteiger partial charge in [0.05, 0.1) is 21.0 Å². The summed E-state index contributed by atoms with van der Waals surface area (Å²) in [7, 11) is -3.90. The summed E-state index contributed by atoms with van der Waals surface area (Å²) >= 11 is 6.03. The summed E-state index contributed by atoms with van der Waals surface area (Å²) in [5.74, 6) is -0.250. The molecule has 0 unspecified atom stereocenters. The van der Waals surface area contributed by atoms with E-state index in [1.165, 1.54) is 18.2 Å². The van der Waals surface area contributed by atoms with Crippen LogP contribution in [0, 0.1) is 0 Å². The molecule has 2 heterocycles. The van der Waals surface area contributed by atoms with Gasteiger partial charge in [-0.15, -0.1) is 0 Å². The van der Waals surface area contributed by atoms with E-state index in [9.17, 15) is 13.2 Å². The van der Waals surface area contributed by atoms with Crippen molar-refractivity contribution in [1.82, 2.24) is 10.1 Å². The maximum Gasteiger partial charge on any atom is 0.276 e. The standard InChI is InChI=1S/C18H16ClN3O4S/c19-14-5-1-2-6-15(14)21-27(24,25)12-7-8-16-13(11-12)17(20-26-16)18(23)22-9-3-4-10-22/h1-2,5-8,11,21H,3-4,9-10H2. The molecule has 2 aromatic carbocycles. The number of benzene rings is 2. The van der Waals surface area contributed by atoms with Crippen LogP contribution in [-0.4, -0.2) is 37.5 Å². The van der Waals surface area contributed by atoms with Gasteiger partial charge in [0.2, 0.25) is 0 Å². The van der Waals surface area contributed by atoms with Gasteiger partial charge in [-0.1, -0.05) is 28.9 Å². The van der Waals surface area contributed by atoms with Crippen LogP contribution in [0.5, 0.6) is 0 Å². The van der Waals surface area contributed by atoms with Crippen molar-refractivity contribution in [2.45, 2.75) is 17.7 Å². The number of para-hydroxylation sites is 1. The number of anilines is 1. The summed E-state index contributed by atoms with van der Waals surface area (Å²) in [6.07, 6.45) is 1.89. The highest BCUT2D eigenvalue weighted by Gasteiger charge is 2.26. The average Bonchev–Trinajstić information content (AvgIpc) is 3.32. The molecule has 1 N–H and O–H groups in total. The monoisotopic (exact) mass is 405 g/mol. The topological polar surface area (TPSA) is 92.5 Å². The van der Waals surface area contributed by atoms with E-state index < -0.39 is 10.0 Å². The molecule has 9 heteroatoms. The molecule has 1 amide bonds. The third-order valence-corrected chi connectivity index (χ3v) is 6.16. The Morgan fingerprint density at radius 2 is 1.89 bits per heavy atom. The van der Waals surface area contributed by atoms with Crippen LogP contribution in [0.15, 0.2) is 51.9 Å². The van der Waals surface area contributed by atoms with Crippen LogP contribution in [0.3, 0.4) is 0 Å². The minimum Gasteiger partial charge on any atom is -0.355 e. The van der Waals surface area contributed by atoms with Gasteiger partial charge in [0, 0.05) is 13.1 Å². The number of aromatic nitrogens is 1. The minimum absolute atomic E-state index is 0.00593. The SMILES string of the molecule is O=C(c1noc2ccc(S(=O)(=O)Nc3ccccc3Cl)cc12)N1CCCC1. The molecule has 3 aromatic rings. The van der Waals surface area contributed by atoms with Crippen molar-refractivity contribution in [3.63, 3.8) is 0 Å². The van der Waals surface area contributed by atoms with Crippen LogP contribution < -0.4 is 4.72 Å². The van der Waals surface area contributed by atoms with Crippen molar-refractivity contribution in [3.05, 3.63) is 53.2 Å². The number of nitrogens with one attached hydrogen (secondary N) is 1. The Labute approximate surface area is 160 Å². The summed E-state index contributed by atoms with van der Waals surface area (Å²) in [5, 5.41) is 4.52. The fraction of sp³-hybridized carbons (Fsp3) is 0.222. The van der Waals surface area contributed by atoms with Gasteiger partial charge in [0.25, 0.3) is 15.9 Å². The van der Waals surface area contributed by atoms with Gasteiger partial charge in [0.1, 0.15) is 0 Å². The maximum atomic E-state index is 12.7. The highest BCUT2D eigenvalue weighted by molar-refractivity contribution is 7.92. The highest BCUT2D eigenvalue weighted by Crippen LogP contribution is 2.27. The lowest BCUT2D eigenvalue weighted by Gasteiger charge is -2.13. The number of hydrogen-bond donors (Lipinski definition) is 1. The first-order valence-corrected chi connectivity index (χ1v) is 10.3. The molecule has 4 rings (SSSR count). The van der Waals surface area contributed by atoms with Gasteiger partial charge in [-0.2, -0.15) is 0 Å². The number of carbonyl (C=O) groups is 1. The molecule has 7 nitrogen and oxygen atoms in total. The predicted octanol–water partition coefficient (Wildman–Crippen LogP) is 3.52. The zero-order valence-electron chi connectivity index (χ0n) is 14.2. The number of sulfonamides is 1. The maximum absolute atomic E-state index is 12.7. The molecule has 1 saturated heterocycles. The van der Waals surface area contributed by atoms with Gasteiger partial charge >= 0.3 is 0 Å². The number of carbonyl (C=O) groups excluding carboxylic acids is 1. The van der Waals surface area contributed by atoms with E-state index in [1.807, 2.05) is 0 Å². The normalized spacial score (nSPS) is 14.6. The number of halogens is 1. The molecular formula is C18H16ClN3O4S. The number of hydrogen-bond acceptors (Lipinski definition) is 5. The van der Waals surface area contributed by atoms with Gasteiger partial charge in [-0.25, -0.2) is 8.42 Å². The molecule has 1 fully saturated rings. The van der Waals surface area contributed by atoms with E-state index >= 15 is 0 Å². The lowest BCUT2D eigenvalue weighted by atomic mass is 10.2. The van der Waals surface area contributed by atoms with Crippen LogP contribution in [0.4, 0.5) is 5.69 Å². The molecule has 0 bridgehead atoms. The van der Waals surface area contributed by atoms with Crippen molar-refractivity contribution in [2.24, 2.45) is 0 Å². The third kappa shape index (κ3) is 3.38. The van der Waals surface area contributed by atoms with Crippen LogP contribution in [0.25, 0.3) is 11.0 Å².